The highest BCUT2D eigenvalue weighted by molar-refractivity contribution is 7.92. The van der Waals surface area contributed by atoms with Gasteiger partial charge in [0.05, 0.1) is 6.26 Å². The quantitative estimate of drug-likeness (QED) is 0.883. The van der Waals surface area contributed by atoms with E-state index in [1.807, 2.05) is 32.0 Å². The van der Waals surface area contributed by atoms with Gasteiger partial charge in [-0.25, -0.2) is 8.42 Å². The first kappa shape index (κ1) is 17.0. The van der Waals surface area contributed by atoms with Crippen LogP contribution in [0.5, 0.6) is 0 Å². The molecule has 5 nitrogen and oxygen atoms in total. The van der Waals surface area contributed by atoms with Crippen LogP contribution in [0.1, 0.15) is 28.4 Å². The molecule has 0 aromatic heterocycles. The average Bonchev–Trinajstić information content (AvgIpc) is 2.47. The molecule has 0 aliphatic rings. The van der Waals surface area contributed by atoms with E-state index in [9.17, 15) is 13.2 Å². The number of nitrogens with one attached hydrogen (secondary N) is 2. The largest absolute Gasteiger partial charge is 0.321 e. The third kappa shape index (κ3) is 4.56. The predicted molar refractivity (Wildman–Crippen MR) is 93.4 cm³/mol. The van der Waals surface area contributed by atoms with Crippen LogP contribution in [0.25, 0.3) is 0 Å². The number of rotatable bonds is 5. The Balaban J connectivity index is 2.27. The molecule has 6 heteroatoms. The summed E-state index contributed by atoms with van der Waals surface area (Å²) in [7, 11) is -3.38. The summed E-state index contributed by atoms with van der Waals surface area (Å²) in [4.78, 5) is 12.5. The summed E-state index contributed by atoms with van der Waals surface area (Å²) < 4.78 is 24.9. The van der Waals surface area contributed by atoms with E-state index < -0.39 is 10.0 Å². The molecular weight excluding hydrogens is 312 g/mol. The van der Waals surface area contributed by atoms with Crippen molar-refractivity contribution in [1.29, 1.82) is 0 Å². The van der Waals surface area contributed by atoms with Gasteiger partial charge in [-0.2, -0.15) is 0 Å². The van der Waals surface area contributed by atoms with Gasteiger partial charge in [0.25, 0.3) is 5.91 Å². The summed E-state index contributed by atoms with van der Waals surface area (Å²) in [6, 6.07) is 12.3. The highest BCUT2D eigenvalue weighted by atomic mass is 32.2. The first-order valence-corrected chi connectivity index (χ1v) is 9.17. The van der Waals surface area contributed by atoms with Crippen LogP contribution in [0.3, 0.4) is 0 Å². The first-order chi connectivity index (χ1) is 10.8. The molecule has 2 aromatic rings. The van der Waals surface area contributed by atoms with Crippen molar-refractivity contribution < 1.29 is 13.2 Å². The molecule has 0 radical (unpaired) electrons. The van der Waals surface area contributed by atoms with Gasteiger partial charge >= 0.3 is 0 Å². The van der Waals surface area contributed by atoms with Gasteiger partial charge in [-0.3, -0.25) is 9.52 Å². The van der Waals surface area contributed by atoms with Crippen molar-refractivity contribution in [3.8, 4) is 0 Å². The summed E-state index contributed by atoms with van der Waals surface area (Å²) in [5.41, 5.74) is 3.61. The Kier molecular flexibility index (Phi) is 5.05. The third-order valence-corrected chi connectivity index (χ3v) is 4.01. The number of benzene rings is 2. The molecule has 2 rings (SSSR count). The Bertz CT molecular complexity index is 829. The van der Waals surface area contributed by atoms with Crippen molar-refractivity contribution in [3.63, 3.8) is 0 Å². The number of amides is 1. The molecule has 1 amide bonds. The van der Waals surface area contributed by atoms with Gasteiger partial charge in [-0.15, -0.1) is 0 Å². The summed E-state index contributed by atoms with van der Waals surface area (Å²) in [5.74, 6) is -0.272. The Labute approximate surface area is 136 Å². The summed E-state index contributed by atoms with van der Waals surface area (Å²) in [6.45, 7) is 3.97. The lowest BCUT2D eigenvalue weighted by Gasteiger charge is -2.13. The lowest BCUT2D eigenvalue weighted by molar-refractivity contribution is 0.102. The van der Waals surface area contributed by atoms with E-state index in [-0.39, 0.29) is 5.91 Å². The van der Waals surface area contributed by atoms with Gasteiger partial charge in [-0.1, -0.05) is 31.2 Å². The fourth-order valence-corrected chi connectivity index (χ4v) is 2.88. The number of anilines is 2. The topological polar surface area (TPSA) is 75.3 Å². The van der Waals surface area contributed by atoms with Crippen LogP contribution in [0.4, 0.5) is 11.4 Å². The summed E-state index contributed by atoms with van der Waals surface area (Å²) in [5, 5.41) is 2.92. The van der Waals surface area contributed by atoms with Crippen molar-refractivity contribution in [2.75, 3.05) is 16.3 Å². The minimum atomic E-state index is -3.38. The Morgan fingerprint density at radius 2 is 1.83 bits per heavy atom. The molecule has 2 N–H and O–H groups in total. The van der Waals surface area contributed by atoms with Crippen molar-refractivity contribution in [3.05, 3.63) is 59.2 Å². The lowest BCUT2D eigenvalue weighted by atomic mass is 10.1. The van der Waals surface area contributed by atoms with Gasteiger partial charge in [0.2, 0.25) is 10.0 Å². The molecule has 0 aliphatic heterocycles. The second-order valence-electron chi connectivity index (χ2n) is 5.37. The zero-order chi connectivity index (χ0) is 17.0. The lowest BCUT2D eigenvalue weighted by Crippen LogP contribution is -2.15. The molecule has 0 saturated carbocycles. The zero-order valence-corrected chi connectivity index (χ0v) is 14.2. The Hall–Kier alpha value is -2.34. The molecular formula is C17H20N2O3S. The number of aryl methyl sites for hydroxylation is 2. The van der Waals surface area contributed by atoms with E-state index in [0.717, 1.165) is 29.5 Å². The number of sulfonamides is 1. The van der Waals surface area contributed by atoms with Crippen LogP contribution >= 0.6 is 0 Å². The molecule has 2 aromatic carbocycles. The molecule has 0 aliphatic carbocycles. The molecule has 0 bridgehead atoms. The molecule has 0 fully saturated rings. The maximum absolute atomic E-state index is 12.5. The summed E-state index contributed by atoms with van der Waals surface area (Å²) >= 11 is 0. The number of carbonyl (C=O) groups is 1. The second kappa shape index (κ2) is 6.83. The standard InChI is InChI=1S/C17H20N2O3S/c1-4-13-8-5-7-12(2)16(13)18-17(20)14-9-6-10-15(11-14)19-23(3,21)22/h5-11,19H,4H2,1-3H3,(H,18,20). The number of para-hydroxylation sites is 1. The smallest absolute Gasteiger partial charge is 0.255 e. The second-order valence-corrected chi connectivity index (χ2v) is 7.12. The summed E-state index contributed by atoms with van der Waals surface area (Å²) in [6.07, 6.45) is 1.88. The van der Waals surface area contributed by atoms with E-state index in [2.05, 4.69) is 10.0 Å². The SMILES string of the molecule is CCc1cccc(C)c1NC(=O)c1cccc(NS(C)(=O)=O)c1. The third-order valence-electron chi connectivity index (χ3n) is 3.41. The minimum Gasteiger partial charge on any atom is -0.321 e. The zero-order valence-electron chi connectivity index (χ0n) is 13.4. The molecule has 122 valence electrons. The van der Waals surface area contributed by atoms with Crippen LogP contribution in [0, 0.1) is 6.92 Å². The Morgan fingerprint density at radius 3 is 2.48 bits per heavy atom. The van der Waals surface area contributed by atoms with E-state index in [0.29, 0.717) is 11.3 Å². The van der Waals surface area contributed by atoms with Crippen molar-refractivity contribution in [2.45, 2.75) is 20.3 Å². The average molecular weight is 332 g/mol. The van der Waals surface area contributed by atoms with Crippen molar-refractivity contribution in [1.82, 2.24) is 0 Å². The predicted octanol–water partition coefficient (Wildman–Crippen LogP) is 3.18. The molecule has 0 spiro atoms. The monoisotopic (exact) mass is 332 g/mol. The van der Waals surface area contributed by atoms with E-state index >= 15 is 0 Å². The van der Waals surface area contributed by atoms with Crippen LogP contribution < -0.4 is 10.0 Å². The molecule has 0 saturated heterocycles. The molecule has 0 unspecified atom stereocenters. The fourth-order valence-electron chi connectivity index (χ4n) is 2.33. The highest BCUT2D eigenvalue weighted by Crippen LogP contribution is 2.22. The van der Waals surface area contributed by atoms with Crippen LogP contribution in [-0.2, 0) is 16.4 Å². The maximum Gasteiger partial charge on any atom is 0.255 e. The maximum atomic E-state index is 12.5. The fraction of sp³-hybridized carbons (Fsp3) is 0.235. The van der Waals surface area contributed by atoms with E-state index in [1.54, 1.807) is 18.2 Å². The van der Waals surface area contributed by atoms with Crippen LogP contribution in [0.15, 0.2) is 42.5 Å². The van der Waals surface area contributed by atoms with Gasteiger partial charge in [0.15, 0.2) is 0 Å². The van der Waals surface area contributed by atoms with Gasteiger partial charge in [-0.05, 0) is 42.7 Å². The van der Waals surface area contributed by atoms with Gasteiger partial charge in [0, 0.05) is 16.9 Å². The number of hydrogen-bond acceptors (Lipinski definition) is 3. The number of carbonyl (C=O) groups excluding carboxylic acids is 1. The van der Waals surface area contributed by atoms with Gasteiger partial charge in [0.1, 0.15) is 0 Å². The molecule has 0 atom stereocenters. The van der Waals surface area contributed by atoms with Crippen LogP contribution in [0.2, 0.25) is 0 Å². The molecule has 23 heavy (non-hydrogen) atoms. The van der Waals surface area contributed by atoms with Crippen LogP contribution in [-0.4, -0.2) is 20.6 Å². The minimum absolute atomic E-state index is 0.272. The highest BCUT2D eigenvalue weighted by Gasteiger charge is 2.12. The van der Waals surface area contributed by atoms with Crippen molar-refractivity contribution in [2.24, 2.45) is 0 Å². The van der Waals surface area contributed by atoms with E-state index in [4.69, 9.17) is 0 Å². The van der Waals surface area contributed by atoms with Gasteiger partial charge < -0.3 is 5.32 Å². The normalized spacial score (nSPS) is 11.1. The first-order valence-electron chi connectivity index (χ1n) is 7.28. The Morgan fingerprint density at radius 1 is 1.13 bits per heavy atom. The van der Waals surface area contributed by atoms with E-state index in [1.165, 1.54) is 6.07 Å². The molecule has 0 heterocycles. The van der Waals surface area contributed by atoms with Crippen molar-refractivity contribution >= 4 is 27.3 Å². The number of hydrogen-bond donors (Lipinski definition) is 2.